The number of hydrogen-bond donors (Lipinski definition) is 4. The van der Waals surface area contributed by atoms with Crippen LogP contribution in [0.15, 0.2) is 83.1 Å². The van der Waals surface area contributed by atoms with Crippen LogP contribution in [0.3, 0.4) is 0 Å². The topological polar surface area (TPSA) is 244 Å². The lowest BCUT2D eigenvalue weighted by Gasteiger charge is -2.43. The highest BCUT2D eigenvalue weighted by Crippen LogP contribution is 2.41. The summed E-state index contributed by atoms with van der Waals surface area (Å²) in [5.41, 5.74) is 13.9. The molecule has 0 spiro atoms. The standard InChI is InChI=1S/C56H68N12O8S/c1-32(2)52(56(72)67-30-39(69)22-47(67)55(71)61-33(3)35-9-12-44(59-27-35)53-34(4)60-31-77-53)49-26-51(64-76-49)73-20-19-65-17-14-40(15-18-65)74-41-23-42(24-41)75-50-21-36(13-16-58-50)68-37-10-11-38(68)29-66(28-37)46-25-45(62-63-54(46)57)43-7-5-6-8-48(43)70/h5-9,12-13,16,21,25-27,31-33,37-42,47,52,69-70H,10-11,14-15,17-20,22-24,28-30H2,1-4H3,(H2,57,63)(H,61,71)/t33-,37?,38?,39+,41?,42?,47-,52+/m0/s1. The lowest BCUT2D eigenvalue weighted by Crippen LogP contribution is -2.54. The molecule has 11 rings (SSSR count). The molecular weight excluding hydrogens is 1000 g/mol. The lowest BCUT2D eigenvalue weighted by molar-refractivity contribution is -0.141. The number of carbonyl (C=O) groups is 2. The zero-order chi connectivity index (χ0) is 53.3. The van der Waals surface area contributed by atoms with Crippen molar-refractivity contribution in [1.29, 1.82) is 0 Å². The summed E-state index contributed by atoms with van der Waals surface area (Å²) < 4.78 is 24.7. The van der Waals surface area contributed by atoms with Gasteiger partial charge in [-0.25, -0.2) is 9.97 Å². The van der Waals surface area contributed by atoms with Gasteiger partial charge in [-0.05, 0) is 86.5 Å². The molecule has 6 atom stereocenters. The maximum atomic E-state index is 14.2. The molecule has 2 bridgehead atoms. The number of β-amino-alcohol motifs (C(OH)–C–C–N with tert-alkyl or cyclic N) is 1. The number of amides is 2. The van der Waals surface area contributed by atoms with Gasteiger partial charge in [0.2, 0.25) is 17.7 Å². The minimum absolute atomic E-state index is 0.0405. The second kappa shape index (κ2) is 22.6. The fourth-order valence-corrected chi connectivity index (χ4v) is 12.6. The molecule has 2 unspecified atom stereocenters. The number of likely N-dealkylation sites (tertiary alicyclic amines) is 2. The van der Waals surface area contributed by atoms with E-state index in [4.69, 9.17) is 24.5 Å². The summed E-state index contributed by atoms with van der Waals surface area (Å²) in [4.78, 5) is 51.1. The summed E-state index contributed by atoms with van der Waals surface area (Å²) in [6.07, 6.45) is 8.92. The molecule has 77 heavy (non-hydrogen) atoms. The summed E-state index contributed by atoms with van der Waals surface area (Å²) >= 11 is 1.53. The summed E-state index contributed by atoms with van der Waals surface area (Å²) in [7, 11) is 0. The molecule has 4 aliphatic heterocycles. The average Bonchev–Trinajstić information content (AvgIpc) is 4.22. The number of nitrogens with one attached hydrogen (secondary N) is 1. The third-order valence-electron chi connectivity index (χ3n) is 16.0. The molecule has 0 radical (unpaired) electrons. The number of hydrogen-bond acceptors (Lipinski definition) is 19. The Kier molecular flexibility index (Phi) is 15.3. The van der Waals surface area contributed by atoms with Crippen molar-refractivity contribution < 1.29 is 38.5 Å². The van der Waals surface area contributed by atoms with Crippen LogP contribution in [0.25, 0.3) is 21.8 Å². The molecule has 9 heterocycles. The number of aliphatic hydroxyl groups excluding tert-OH is 1. The van der Waals surface area contributed by atoms with Crippen molar-refractivity contribution in [2.45, 2.75) is 127 Å². The number of phenols is 1. The van der Waals surface area contributed by atoms with Gasteiger partial charge in [-0.1, -0.05) is 32.0 Å². The Morgan fingerprint density at radius 1 is 0.883 bits per heavy atom. The number of aromatic hydroxyl groups is 1. The third kappa shape index (κ3) is 11.4. The number of ether oxygens (including phenoxy) is 3. The maximum absolute atomic E-state index is 14.2. The van der Waals surface area contributed by atoms with Gasteiger partial charge in [0.25, 0.3) is 5.88 Å². The van der Waals surface area contributed by atoms with E-state index in [1.165, 1.54) is 16.2 Å². The molecule has 1 aliphatic carbocycles. The van der Waals surface area contributed by atoms with Crippen LogP contribution in [0.5, 0.6) is 17.5 Å². The monoisotopic (exact) mass is 1070 g/mol. The van der Waals surface area contributed by atoms with Crippen LogP contribution in [-0.4, -0.2) is 151 Å². The van der Waals surface area contributed by atoms with E-state index in [0.29, 0.717) is 47.7 Å². The number of carbonyl (C=O) groups excluding carboxylic acids is 2. The van der Waals surface area contributed by atoms with Gasteiger partial charge in [0.05, 0.1) is 57.5 Å². The second-order valence-electron chi connectivity index (χ2n) is 21.6. The van der Waals surface area contributed by atoms with E-state index in [2.05, 4.69) is 62.5 Å². The molecule has 4 saturated heterocycles. The number of nitrogens with two attached hydrogens (primary N) is 1. The molecule has 1 aromatic carbocycles. The van der Waals surface area contributed by atoms with Gasteiger partial charge in [0.15, 0.2) is 11.6 Å². The first kappa shape index (κ1) is 52.1. The van der Waals surface area contributed by atoms with E-state index in [1.807, 2.05) is 64.2 Å². The van der Waals surface area contributed by atoms with Crippen molar-refractivity contribution >= 4 is 40.3 Å². The second-order valence-corrected chi connectivity index (χ2v) is 22.4. The van der Waals surface area contributed by atoms with Crippen molar-refractivity contribution in [3.63, 3.8) is 0 Å². The Balaban J connectivity index is 0.601. The molecule has 1 saturated carbocycles. The Morgan fingerprint density at radius 3 is 2.40 bits per heavy atom. The van der Waals surface area contributed by atoms with Crippen LogP contribution in [0.2, 0.25) is 0 Å². The minimum atomic E-state index is -0.850. The van der Waals surface area contributed by atoms with Gasteiger partial charge in [-0.2, -0.15) is 0 Å². The number of piperidine rings is 1. The molecule has 5 fully saturated rings. The van der Waals surface area contributed by atoms with E-state index < -0.39 is 18.1 Å². The van der Waals surface area contributed by atoms with Crippen LogP contribution in [0.1, 0.15) is 94.7 Å². The summed E-state index contributed by atoms with van der Waals surface area (Å²) in [5, 5.41) is 36.9. The zero-order valence-electron chi connectivity index (χ0n) is 44.0. The predicted molar refractivity (Wildman–Crippen MR) is 290 cm³/mol. The van der Waals surface area contributed by atoms with Crippen molar-refractivity contribution in [3.8, 4) is 39.3 Å². The van der Waals surface area contributed by atoms with Gasteiger partial charge in [0, 0.05) is 106 Å². The molecule has 5 aliphatic rings. The highest BCUT2D eigenvalue weighted by Gasteiger charge is 2.45. The number of aliphatic hydroxyl groups is 1. The van der Waals surface area contributed by atoms with E-state index in [9.17, 15) is 19.8 Å². The lowest BCUT2D eigenvalue weighted by atomic mass is 9.91. The van der Waals surface area contributed by atoms with Crippen LogP contribution >= 0.6 is 11.3 Å². The van der Waals surface area contributed by atoms with E-state index in [1.54, 1.807) is 29.9 Å². The molecule has 2 amide bonds. The van der Waals surface area contributed by atoms with Crippen molar-refractivity contribution in [3.05, 3.63) is 95.6 Å². The van der Waals surface area contributed by atoms with Crippen LogP contribution < -0.4 is 30.3 Å². The number of anilines is 3. The van der Waals surface area contributed by atoms with Gasteiger partial charge in [-0.3, -0.25) is 19.5 Å². The first-order valence-corrected chi connectivity index (χ1v) is 27.9. The summed E-state index contributed by atoms with van der Waals surface area (Å²) in [6.45, 7) is 12.2. The average molecular weight is 1070 g/mol. The van der Waals surface area contributed by atoms with E-state index in [0.717, 1.165) is 97.9 Å². The number of pyridine rings is 2. The predicted octanol–water partition coefficient (Wildman–Crippen LogP) is 6.55. The number of nitrogens with zero attached hydrogens (tertiary/aromatic N) is 10. The molecule has 5 N–H and O–H groups in total. The summed E-state index contributed by atoms with van der Waals surface area (Å²) in [5.74, 6) is 0.263. The van der Waals surface area contributed by atoms with Crippen LogP contribution in [-0.2, 0) is 14.3 Å². The van der Waals surface area contributed by atoms with Crippen LogP contribution in [0.4, 0.5) is 17.2 Å². The van der Waals surface area contributed by atoms with Gasteiger partial charge >= 0.3 is 0 Å². The number of thiazole rings is 1. The number of nitrogen functional groups attached to an aromatic ring is 1. The summed E-state index contributed by atoms with van der Waals surface area (Å²) in [6, 6.07) is 18.1. The molecule has 5 aromatic heterocycles. The number of piperazine rings is 1. The molecule has 6 aromatic rings. The maximum Gasteiger partial charge on any atom is 0.254 e. The molecule has 21 heteroatoms. The number of benzene rings is 1. The zero-order valence-corrected chi connectivity index (χ0v) is 44.8. The first-order valence-electron chi connectivity index (χ1n) is 27.0. The fraction of sp³-hybridized carbons (Fsp3) is 0.500. The Labute approximate surface area is 451 Å². The smallest absolute Gasteiger partial charge is 0.254 e. The molecule has 20 nitrogen and oxygen atoms in total. The number of phenolic OH excluding ortho intramolecular Hbond substituents is 1. The van der Waals surface area contributed by atoms with Crippen molar-refractivity contribution in [2.75, 3.05) is 61.4 Å². The number of para-hydroxylation sites is 1. The minimum Gasteiger partial charge on any atom is -0.507 e. The van der Waals surface area contributed by atoms with Gasteiger partial charge < -0.3 is 54.7 Å². The van der Waals surface area contributed by atoms with Crippen molar-refractivity contribution in [2.24, 2.45) is 5.92 Å². The van der Waals surface area contributed by atoms with Gasteiger partial charge in [0.1, 0.15) is 30.4 Å². The quantitative estimate of drug-likeness (QED) is 0.0713. The number of aryl methyl sites for hydroxylation is 1. The normalized spacial score (nSPS) is 23.5. The SMILES string of the molecule is Cc1ncsc1-c1ccc([C@H](C)NC(=O)[C@@H]2C[C@@H](O)CN2C(=O)[C@@H](c2cc(OCCN3CCC(OC4CC(Oc5cc(N6C7CCC6CN(c6cc(-c8ccccc8O)nnc6N)C7)ccn5)C4)CC3)no2)C(C)C)cn1. The molecule has 406 valence electrons. The third-order valence-corrected chi connectivity index (χ3v) is 16.9. The van der Waals surface area contributed by atoms with E-state index in [-0.39, 0.29) is 72.9 Å². The Morgan fingerprint density at radius 2 is 1.68 bits per heavy atom. The molecular formula is C56H68N12O8S. The number of fused-ring (bicyclic) bond motifs is 2. The highest BCUT2D eigenvalue weighted by atomic mass is 32.1. The largest absolute Gasteiger partial charge is 0.507 e. The Bertz CT molecular complexity index is 3000. The Hall–Kier alpha value is -6.94. The first-order chi connectivity index (χ1) is 37.3. The van der Waals surface area contributed by atoms with Gasteiger partial charge in [-0.15, -0.1) is 21.5 Å². The number of rotatable bonds is 18. The number of aromatic nitrogens is 6. The van der Waals surface area contributed by atoms with E-state index >= 15 is 0 Å². The van der Waals surface area contributed by atoms with Crippen LogP contribution in [0, 0.1) is 12.8 Å². The fourth-order valence-electron chi connectivity index (χ4n) is 11.8. The highest BCUT2D eigenvalue weighted by molar-refractivity contribution is 7.13. The van der Waals surface area contributed by atoms with Crippen molar-refractivity contribution in [1.82, 2.24) is 45.4 Å².